The molecular weight excluding hydrogens is 252 g/mol. The van der Waals surface area contributed by atoms with Crippen LogP contribution in [0, 0.1) is 23.2 Å². The summed E-state index contributed by atoms with van der Waals surface area (Å²) in [4.78, 5) is 11.4. The zero-order chi connectivity index (χ0) is 15.1. The molecule has 2 saturated carbocycles. The van der Waals surface area contributed by atoms with E-state index in [4.69, 9.17) is 4.74 Å². The Morgan fingerprint density at radius 3 is 2.65 bits per heavy atom. The third kappa shape index (κ3) is 2.52. The van der Waals surface area contributed by atoms with Crippen molar-refractivity contribution in [1.82, 2.24) is 0 Å². The van der Waals surface area contributed by atoms with Crippen LogP contribution >= 0.6 is 0 Å². The average molecular weight is 280 g/mol. The molecule has 0 aromatic carbocycles. The van der Waals surface area contributed by atoms with E-state index in [0.717, 1.165) is 25.7 Å². The Hall–Kier alpha value is -0.830. The molecule has 2 aliphatic rings. The molecule has 0 aliphatic heterocycles. The van der Waals surface area contributed by atoms with Gasteiger partial charge in [-0.25, -0.2) is 0 Å². The van der Waals surface area contributed by atoms with Crippen LogP contribution in [0.2, 0.25) is 0 Å². The molecule has 20 heavy (non-hydrogen) atoms. The summed E-state index contributed by atoms with van der Waals surface area (Å²) in [7, 11) is 0. The number of fused-ring (bicyclic) bond motifs is 1. The Labute approximate surface area is 122 Å². The van der Waals surface area contributed by atoms with E-state index in [1.807, 2.05) is 0 Å². The lowest BCUT2D eigenvalue weighted by Crippen LogP contribution is -2.45. The van der Waals surface area contributed by atoms with Crippen molar-refractivity contribution < 1.29 is 14.6 Å². The van der Waals surface area contributed by atoms with E-state index in [1.54, 1.807) is 0 Å². The van der Waals surface area contributed by atoms with E-state index in [-0.39, 0.29) is 35.4 Å². The number of allylic oxidation sites excluding steroid dienone is 1. The number of hydrogen-bond acceptors (Lipinski definition) is 3. The van der Waals surface area contributed by atoms with Gasteiger partial charge in [0.25, 0.3) is 0 Å². The van der Waals surface area contributed by atoms with Crippen molar-refractivity contribution in [2.24, 2.45) is 23.2 Å². The van der Waals surface area contributed by atoms with Crippen LogP contribution in [0.15, 0.2) is 12.2 Å². The van der Waals surface area contributed by atoms with Crippen LogP contribution in [0.1, 0.15) is 53.4 Å². The summed E-state index contributed by atoms with van der Waals surface area (Å²) in [5.74, 6) is 0.654. The van der Waals surface area contributed by atoms with Gasteiger partial charge in [-0.15, -0.1) is 0 Å². The minimum atomic E-state index is -0.256. The fourth-order valence-electron chi connectivity index (χ4n) is 4.50. The largest absolute Gasteiger partial charge is 0.462 e. The van der Waals surface area contributed by atoms with Crippen molar-refractivity contribution in [3.63, 3.8) is 0 Å². The average Bonchev–Trinajstić information content (AvgIpc) is 2.71. The first-order valence-corrected chi connectivity index (χ1v) is 7.80. The molecule has 114 valence electrons. The highest BCUT2D eigenvalue weighted by atomic mass is 16.5. The van der Waals surface area contributed by atoms with Crippen LogP contribution in [0.4, 0.5) is 0 Å². The smallest absolute Gasteiger partial charge is 0.302 e. The summed E-state index contributed by atoms with van der Waals surface area (Å²) in [5.41, 5.74) is 1.14. The van der Waals surface area contributed by atoms with E-state index >= 15 is 0 Å². The van der Waals surface area contributed by atoms with Crippen molar-refractivity contribution in [2.45, 2.75) is 65.6 Å². The van der Waals surface area contributed by atoms with Crippen LogP contribution in [-0.2, 0) is 9.53 Å². The van der Waals surface area contributed by atoms with Crippen molar-refractivity contribution in [1.29, 1.82) is 0 Å². The summed E-state index contributed by atoms with van der Waals surface area (Å²) in [6.45, 7) is 12.1. The van der Waals surface area contributed by atoms with Crippen molar-refractivity contribution in [2.75, 3.05) is 0 Å². The number of rotatable bonds is 3. The SMILES string of the molecule is C=C1CCC(O)C2(C)CCC(C(OC(C)=O)C(C)C)C12. The second kappa shape index (κ2) is 5.51. The highest BCUT2D eigenvalue weighted by Gasteiger charge is 2.55. The molecule has 1 N–H and O–H groups in total. The Kier molecular flexibility index (Phi) is 4.29. The van der Waals surface area contributed by atoms with Gasteiger partial charge < -0.3 is 9.84 Å². The molecule has 0 spiro atoms. The van der Waals surface area contributed by atoms with Gasteiger partial charge in [-0.2, -0.15) is 0 Å². The molecule has 0 bridgehead atoms. The Morgan fingerprint density at radius 1 is 1.45 bits per heavy atom. The summed E-state index contributed by atoms with van der Waals surface area (Å²) in [5, 5.41) is 10.4. The van der Waals surface area contributed by atoms with Gasteiger partial charge in [0.1, 0.15) is 6.10 Å². The van der Waals surface area contributed by atoms with Gasteiger partial charge in [-0.3, -0.25) is 4.79 Å². The van der Waals surface area contributed by atoms with E-state index in [1.165, 1.54) is 12.5 Å². The molecule has 0 aromatic rings. The molecule has 0 radical (unpaired) electrons. The third-order valence-corrected chi connectivity index (χ3v) is 5.48. The molecule has 2 aliphatic carbocycles. The lowest BCUT2D eigenvalue weighted by Gasteiger charge is -2.45. The van der Waals surface area contributed by atoms with Crippen LogP contribution in [0.3, 0.4) is 0 Å². The highest BCUT2D eigenvalue weighted by molar-refractivity contribution is 5.66. The minimum Gasteiger partial charge on any atom is -0.462 e. The van der Waals surface area contributed by atoms with Gasteiger partial charge in [-0.05, 0) is 37.5 Å². The molecule has 5 atom stereocenters. The van der Waals surface area contributed by atoms with Crippen molar-refractivity contribution >= 4 is 5.97 Å². The van der Waals surface area contributed by atoms with E-state index in [2.05, 4.69) is 27.4 Å². The van der Waals surface area contributed by atoms with Gasteiger partial charge in [0.15, 0.2) is 0 Å². The van der Waals surface area contributed by atoms with Crippen LogP contribution in [0.5, 0.6) is 0 Å². The van der Waals surface area contributed by atoms with Gasteiger partial charge in [-0.1, -0.05) is 32.9 Å². The number of ether oxygens (including phenoxy) is 1. The number of hydrogen-bond donors (Lipinski definition) is 1. The predicted octanol–water partition coefficient (Wildman–Crippen LogP) is 3.32. The second-order valence-electron chi connectivity index (χ2n) is 7.22. The Balaban J connectivity index is 2.28. The van der Waals surface area contributed by atoms with E-state index in [9.17, 15) is 9.90 Å². The van der Waals surface area contributed by atoms with Crippen molar-refractivity contribution in [3.8, 4) is 0 Å². The summed E-state index contributed by atoms with van der Waals surface area (Å²) in [6.07, 6.45) is 3.39. The van der Waals surface area contributed by atoms with E-state index < -0.39 is 0 Å². The van der Waals surface area contributed by atoms with E-state index in [0.29, 0.717) is 5.92 Å². The molecule has 0 saturated heterocycles. The summed E-state index contributed by atoms with van der Waals surface area (Å²) in [6, 6.07) is 0. The molecule has 5 unspecified atom stereocenters. The summed E-state index contributed by atoms with van der Waals surface area (Å²) < 4.78 is 5.61. The van der Waals surface area contributed by atoms with Crippen LogP contribution < -0.4 is 0 Å². The molecular formula is C17H28O3. The maximum atomic E-state index is 11.4. The number of carbonyl (C=O) groups excluding carboxylic acids is 1. The maximum Gasteiger partial charge on any atom is 0.302 e. The van der Waals surface area contributed by atoms with Crippen molar-refractivity contribution in [3.05, 3.63) is 12.2 Å². The molecule has 0 heterocycles. The fraction of sp³-hybridized carbons (Fsp3) is 0.824. The molecule has 3 nitrogen and oxygen atoms in total. The normalized spacial score (nSPS) is 38.7. The van der Waals surface area contributed by atoms with Gasteiger partial charge in [0, 0.05) is 18.3 Å². The third-order valence-electron chi connectivity index (χ3n) is 5.48. The number of aliphatic hydroxyl groups is 1. The Bertz CT molecular complexity index is 401. The molecule has 2 rings (SSSR count). The lowest BCUT2D eigenvalue weighted by atomic mass is 9.62. The molecule has 3 heteroatoms. The topological polar surface area (TPSA) is 46.5 Å². The van der Waals surface area contributed by atoms with Crippen LogP contribution in [0.25, 0.3) is 0 Å². The first kappa shape index (κ1) is 15.6. The number of carbonyl (C=O) groups is 1. The zero-order valence-electron chi connectivity index (χ0n) is 13.2. The number of aliphatic hydroxyl groups excluding tert-OH is 1. The van der Waals surface area contributed by atoms with Gasteiger partial charge in [0.05, 0.1) is 6.10 Å². The highest BCUT2D eigenvalue weighted by Crippen LogP contribution is 2.58. The number of esters is 1. The minimum absolute atomic E-state index is 0.0682. The van der Waals surface area contributed by atoms with Gasteiger partial charge >= 0.3 is 5.97 Å². The first-order valence-electron chi connectivity index (χ1n) is 7.80. The Morgan fingerprint density at radius 2 is 2.10 bits per heavy atom. The zero-order valence-corrected chi connectivity index (χ0v) is 13.2. The lowest BCUT2D eigenvalue weighted by molar-refractivity contribution is -0.153. The summed E-state index contributed by atoms with van der Waals surface area (Å²) >= 11 is 0. The molecule has 2 fully saturated rings. The van der Waals surface area contributed by atoms with Gasteiger partial charge in [0.2, 0.25) is 0 Å². The monoisotopic (exact) mass is 280 g/mol. The molecule has 0 aromatic heterocycles. The molecule has 0 amide bonds. The quantitative estimate of drug-likeness (QED) is 0.637. The second-order valence-corrected chi connectivity index (χ2v) is 7.22. The van der Waals surface area contributed by atoms with Crippen LogP contribution in [-0.4, -0.2) is 23.3 Å². The predicted molar refractivity (Wildman–Crippen MR) is 79.1 cm³/mol. The first-order chi connectivity index (χ1) is 9.27. The maximum absolute atomic E-state index is 11.4. The standard InChI is InChI=1S/C17H28O3/c1-10(2)16(20-12(4)18)13-8-9-17(5)14(19)7-6-11(3)15(13)17/h10,13-16,19H,3,6-9H2,1-2,4-5H3. The fourth-order valence-corrected chi connectivity index (χ4v) is 4.50.